The van der Waals surface area contributed by atoms with Crippen molar-refractivity contribution in [2.24, 2.45) is 0 Å². The lowest BCUT2D eigenvalue weighted by Crippen LogP contribution is -2.45. The maximum absolute atomic E-state index is 12.6. The molecule has 0 aromatic heterocycles. The first-order valence-corrected chi connectivity index (χ1v) is 10.1. The Labute approximate surface area is 162 Å². The summed E-state index contributed by atoms with van der Waals surface area (Å²) >= 11 is 12.0. The monoisotopic (exact) mass is 416 g/mol. The molecule has 0 saturated carbocycles. The molecule has 26 heavy (non-hydrogen) atoms. The van der Waals surface area contributed by atoms with Crippen molar-refractivity contribution in [3.8, 4) is 5.75 Å². The summed E-state index contributed by atoms with van der Waals surface area (Å²) in [5.74, 6) is 0.0282. The van der Waals surface area contributed by atoms with Crippen LogP contribution in [0.5, 0.6) is 5.75 Å². The second-order valence-corrected chi connectivity index (χ2v) is 8.25. The molecular weight excluding hydrogens is 399 g/mol. The van der Waals surface area contributed by atoms with E-state index in [9.17, 15) is 13.2 Å². The third kappa shape index (κ3) is 4.81. The van der Waals surface area contributed by atoms with Gasteiger partial charge < -0.3 is 10.1 Å². The minimum atomic E-state index is -3.72. The number of sulfonamides is 1. The van der Waals surface area contributed by atoms with Crippen molar-refractivity contribution in [3.63, 3.8) is 0 Å². The first-order chi connectivity index (χ1) is 12.1. The Bertz CT molecular complexity index is 901. The van der Waals surface area contributed by atoms with Gasteiger partial charge in [0.1, 0.15) is 11.8 Å². The largest absolute Gasteiger partial charge is 0.497 e. The summed E-state index contributed by atoms with van der Waals surface area (Å²) in [6.45, 7) is 1.49. The standard InChI is InChI=1S/C17H18Cl2N2O4S/c1-11(17(22)20-16-10-12(18)4-9-15(16)19)21(26(3,23)24)13-5-7-14(25-2)8-6-13/h4-11H,1-3H3,(H,20,22)/t11-/m1/s1. The molecule has 1 amide bonds. The van der Waals surface area contributed by atoms with Gasteiger partial charge in [-0.15, -0.1) is 0 Å². The predicted octanol–water partition coefficient (Wildman–Crippen LogP) is 3.80. The van der Waals surface area contributed by atoms with E-state index in [4.69, 9.17) is 27.9 Å². The van der Waals surface area contributed by atoms with Gasteiger partial charge in [-0.1, -0.05) is 23.2 Å². The fraction of sp³-hybridized carbons (Fsp3) is 0.235. The van der Waals surface area contributed by atoms with E-state index in [2.05, 4.69) is 5.32 Å². The summed E-state index contributed by atoms with van der Waals surface area (Å²) in [6, 6.07) is 9.97. The van der Waals surface area contributed by atoms with Gasteiger partial charge in [0.05, 0.1) is 29.8 Å². The molecule has 2 aromatic carbocycles. The Kier molecular flexibility index (Phi) is 6.39. The highest BCUT2D eigenvalue weighted by atomic mass is 35.5. The molecule has 0 aliphatic heterocycles. The maximum atomic E-state index is 12.6. The lowest BCUT2D eigenvalue weighted by molar-refractivity contribution is -0.116. The molecule has 1 N–H and O–H groups in total. The Morgan fingerprint density at radius 3 is 2.31 bits per heavy atom. The first-order valence-electron chi connectivity index (χ1n) is 7.53. The molecule has 9 heteroatoms. The van der Waals surface area contributed by atoms with E-state index < -0.39 is 22.0 Å². The lowest BCUT2D eigenvalue weighted by Gasteiger charge is -2.28. The number of nitrogens with zero attached hydrogens (tertiary/aromatic N) is 1. The Morgan fingerprint density at radius 2 is 1.77 bits per heavy atom. The number of benzene rings is 2. The molecule has 2 rings (SSSR count). The second kappa shape index (κ2) is 8.16. The fourth-order valence-corrected chi connectivity index (χ4v) is 3.88. The average Bonchev–Trinajstić information content (AvgIpc) is 2.57. The van der Waals surface area contributed by atoms with Gasteiger partial charge in [0.15, 0.2) is 0 Å². The van der Waals surface area contributed by atoms with E-state index in [1.807, 2.05) is 0 Å². The summed E-state index contributed by atoms with van der Waals surface area (Å²) in [6.07, 6.45) is 1.04. The van der Waals surface area contributed by atoms with Crippen LogP contribution in [0.25, 0.3) is 0 Å². The Morgan fingerprint density at radius 1 is 1.15 bits per heavy atom. The van der Waals surface area contributed by atoms with Crippen LogP contribution in [0, 0.1) is 0 Å². The summed E-state index contributed by atoms with van der Waals surface area (Å²) in [7, 11) is -2.21. The Hall–Kier alpha value is -1.96. The number of nitrogens with one attached hydrogen (secondary N) is 1. The number of ether oxygens (including phenoxy) is 1. The summed E-state index contributed by atoms with van der Waals surface area (Å²) in [5, 5.41) is 3.30. The lowest BCUT2D eigenvalue weighted by atomic mass is 10.2. The van der Waals surface area contributed by atoms with Crippen molar-refractivity contribution in [2.75, 3.05) is 23.0 Å². The molecule has 1 atom stereocenters. The highest BCUT2D eigenvalue weighted by Gasteiger charge is 2.29. The summed E-state index contributed by atoms with van der Waals surface area (Å²) < 4.78 is 30.6. The zero-order valence-corrected chi connectivity index (χ0v) is 16.7. The van der Waals surface area contributed by atoms with Crippen LogP contribution in [-0.4, -0.2) is 33.7 Å². The number of rotatable bonds is 6. The van der Waals surface area contributed by atoms with Crippen LogP contribution in [0.1, 0.15) is 6.92 Å². The summed E-state index contributed by atoms with van der Waals surface area (Å²) in [4.78, 5) is 12.6. The van der Waals surface area contributed by atoms with Crippen LogP contribution < -0.4 is 14.4 Å². The topological polar surface area (TPSA) is 75.7 Å². The van der Waals surface area contributed by atoms with Crippen molar-refractivity contribution in [2.45, 2.75) is 13.0 Å². The third-order valence-corrected chi connectivity index (χ3v) is 5.41. The van der Waals surface area contributed by atoms with Crippen molar-refractivity contribution in [1.29, 1.82) is 0 Å². The highest BCUT2D eigenvalue weighted by Crippen LogP contribution is 2.27. The van der Waals surface area contributed by atoms with Gasteiger partial charge >= 0.3 is 0 Å². The first kappa shape index (κ1) is 20.4. The zero-order valence-electron chi connectivity index (χ0n) is 14.4. The van der Waals surface area contributed by atoms with E-state index >= 15 is 0 Å². The van der Waals surface area contributed by atoms with Crippen LogP contribution in [0.3, 0.4) is 0 Å². The number of hydrogen-bond donors (Lipinski definition) is 1. The zero-order chi connectivity index (χ0) is 19.5. The minimum Gasteiger partial charge on any atom is -0.497 e. The molecule has 0 fully saturated rings. The molecule has 0 unspecified atom stereocenters. The molecule has 0 radical (unpaired) electrons. The maximum Gasteiger partial charge on any atom is 0.248 e. The van der Waals surface area contributed by atoms with Gasteiger partial charge in [-0.25, -0.2) is 8.42 Å². The van der Waals surface area contributed by atoms with Crippen molar-refractivity contribution in [1.82, 2.24) is 0 Å². The molecule has 0 bridgehead atoms. The molecule has 6 nitrogen and oxygen atoms in total. The number of carbonyl (C=O) groups excluding carboxylic acids is 1. The molecule has 0 heterocycles. The van der Waals surface area contributed by atoms with E-state index in [1.54, 1.807) is 36.4 Å². The quantitative estimate of drug-likeness (QED) is 0.776. The fourth-order valence-electron chi connectivity index (χ4n) is 2.37. The average molecular weight is 417 g/mol. The van der Waals surface area contributed by atoms with Crippen molar-refractivity contribution >= 4 is 50.5 Å². The molecular formula is C17H18Cl2N2O4S. The van der Waals surface area contributed by atoms with Gasteiger partial charge in [0.2, 0.25) is 15.9 Å². The third-order valence-electron chi connectivity index (χ3n) is 3.60. The number of anilines is 2. The van der Waals surface area contributed by atoms with E-state index in [-0.39, 0.29) is 0 Å². The van der Waals surface area contributed by atoms with Crippen LogP contribution in [0.15, 0.2) is 42.5 Å². The van der Waals surface area contributed by atoms with Gasteiger partial charge in [-0.3, -0.25) is 9.10 Å². The number of hydrogen-bond acceptors (Lipinski definition) is 4. The van der Waals surface area contributed by atoms with E-state index in [0.717, 1.165) is 10.6 Å². The van der Waals surface area contributed by atoms with E-state index in [0.29, 0.717) is 27.2 Å². The highest BCUT2D eigenvalue weighted by molar-refractivity contribution is 7.92. The molecule has 140 valence electrons. The van der Waals surface area contributed by atoms with E-state index in [1.165, 1.54) is 20.1 Å². The van der Waals surface area contributed by atoms with Gasteiger partial charge in [-0.2, -0.15) is 0 Å². The van der Waals surface area contributed by atoms with Crippen LogP contribution in [0.2, 0.25) is 10.0 Å². The number of carbonyl (C=O) groups is 1. The SMILES string of the molecule is COc1ccc(N([C@H](C)C(=O)Nc2cc(Cl)ccc2Cl)S(C)(=O)=O)cc1. The van der Waals surface area contributed by atoms with Gasteiger partial charge in [-0.05, 0) is 49.4 Å². The normalized spacial score (nSPS) is 12.3. The number of amides is 1. The number of halogens is 2. The number of methoxy groups -OCH3 is 1. The van der Waals surface area contributed by atoms with Crippen LogP contribution in [-0.2, 0) is 14.8 Å². The Balaban J connectivity index is 2.32. The van der Waals surface area contributed by atoms with Crippen LogP contribution >= 0.6 is 23.2 Å². The van der Waals surface area contributed by atoms with Gasteiger partial charge in [0.25, 0.3) is 0 Å². The minimum absolute atomic E-state index is 0.297. The molecule has 0 aliphatic rings. The van der Waals surface area contributed by atoms with Crippen molar-refractivity contribution in [3.05, 3.63) is 52.5 Å². The van der Waals surface area contributed by atoms with Crippen molar-refractivity contribution < 1.29 is 17.9 Å². The molecule has 2 aromatic rings. The predicted molar refractivity (Wildman–Crippen MR) is 105 cm³/mol. The second-order valence-electron chi connectivity index (χ2n) is 5.55. The molecule has 0 aliphatic carbocycles. The van der Waals surface area contributed by atoms with Gasteiger partial charge in [0, 0.05) is 5.02 Å². The smallest absolute Gasteiger partial charge is 0.248 e. The van der Waals surface area contributed by atoms with Crippen LogP contribution in [0.4, 0.5) is 11.4 Å². The summed E-state index contributed by atoms with van der Waals surface area (Å²) in [5.41, 5.74) is 0.646. The molecule has 0 spiro atoms. The molecule has 0 saturated heterocycles.